The summed E-state index contributed by atoms with van der Waals surface area (Å²) in [6, 6.07) is 6.95. The van der Waals surface area contributed by atoms with Gasteiger partial charge >= 0.3 is 0 Å². The molecule has 1 saturated heterocycles. The van der Waals surface area contributed by atoms with Crippen molar-refractivity contribution in [3.63, 3.8) is 0 Å². The fourth-order valence-corrected chi connectivity index (χ4v) is 2.18. The number of benzene rings is 1. The van der Waals surface area contributed by atoms with E-state index >= 15 is 0 Å². The summed E-state index contributed by atoms with van der Waals surface area (Å²) in [5, 5.41) is 8.85. The SMILES string of the molecule is OCCN1CCN(Cc2ccccc2F)CC1. The Morgan fingerprint density at radius 2 is 1.71 bits per heavy atom. The van der Waals surface area contributed by atoms with Crippen LogP contribution in [0, 0.1) is 5.82 Å². The lowest BCUT2D eigenvalue weighted by molar-refractivity contribution is 0.108. The third-order valence-corrected chi connectivity index (χ3v) is 3.23. The molecule has 17 heavy (non-hydrogen) atoms. The molecule has 1 aromatic rings. The highest BCUT2D eigenvalue weighted by Crippen LogP contribution is 2.11. The summed E-state index contributed by atoms with van der Waals surface area (Å²) in [6.45, 7) is 5.42. The highest BCUT2D eigenvalue weighted by atomic mass is 19.1. The first-order valence-corrected chi connectivity index (χ1v) is 6.08. The Morgan fingerprint density at radius 3 is 2.35 bits per heavy atom. The van der Waals surface area contributed by atoms with Crippen LogP contribution in [0.2, 0.25) is 0 Å². The summed E-state index contributed by atoms with van der Waals surface area (Å²) < 4.78 is 13.5. The predicted octanol–water partition coefficient (Wildman–Crippen LogP) is 0.936. The predicted molar refractivity (Wildman–Crippen MR) is 65.2 cm³/mol. The second-order valence-electron chi connectivity index (χ2n) is 4.43. The van der Waals surface area contributed by atoms with Crippen molar-refractivity contribution in [2.24, 2.45) is 0 Å². The lowest BCUT2D eigenvalue weighted by Gasteiger charge is -2.34. The van der Waals surface area contributed by atoms with Crippen LogP contribution in [0.5, 0.6) is 0 Å². The molecule has 0 atom stereocenters. The Kier molecular flexibility index (Phi) is 4.48. The summed E-state index contributed by atoms with van der Waals surface area (Å²) >= 11 is 0. The standard InChI is InChI=1S/C13H19FN2O/c14-13-4-2-1-3-12(13)11-16-7-5-15(6-8-16)9-10-17/h1-4,17H,5-11H2. The van der Waals surface area contributed by atoms with Gasteiger partial charge in [0.15, 0.2) is 0 Å². The van der Waals surface area contributed by atoms with E-state index in [-0.39, 0.29) is 12.4 Å². The lowest BCUT2D eigenvalue weighted by Crippen LogP contribution is -2.46. The van der Waals surface area contributed by atoms with Crippen LogP contribution in [0.4, 0.5) is 4.39 Å². The van der Waals surface area contributed by atoms with Crippen molar-refractivity contribution in [1.29, 1.82) is 0 Å². The van der Waals surface area contributed by atoms with E-state index in [2.05, 4.69) is 9.80 Å². The van der Waals surface area contributed by atoms with Crippen LogP contribution < -0.4 is 0 Å². The third-order valence-electron chi connectivity index (χ3n) is 3.23. The van der Waals surface area contributed by atoms with Crippen molar-refractivity contribution in [2.45, 2.75) is 6.54 Å². The van der Waals surface area contributed by atoms with Gasteiger partial charge in [-0.3, -0.25) is 9.80 Å². The van der Waals surface area contributed by atoms with Crippen LogP contribution >= 0.6 is 0 Å². The molecular weight excluding hydrogens is 219 g/mol. The molecular formula is C13H19FN2O. The molecule has 2 rings (SSSR count). The molecule has 1 aliphatic heterocycles. The first-order chi connectivity index (χ1) is 8.29. The number of hydrogen-bond acceptors (Lipinski definition) is 3. The fraction of sp³-hybridized carbons (Fsp3) is 0.538. The number of aliphatic hydroxyl groups is 1. The molecule has 0 aliphatic carbocycles. The van der Waals surface area contributed by atoms with Gasteiger partial charge in [-0.1, -0.05) is 18.2 Å². The lowest BCUT2D eigenvalue weighted by atomic mass is 10.2. The molecule has 1 fully saturated rings. The van der Waals surface area contributed by atoms with E-state index in [4.69, 9.17) is 5.11 Å². The van der Waals surface area contributed by atoms with E-state index in [1.165, 1.54) is 6.07 Å². The Labute approximate surface area is 101 Å². The zero-order valence-electron chi connectivity index (χ0n) is 9.98. The van der Waals surface area contributed by atoms with Crippen LogP contribution in [-0.4, -0.2) is 54.2 Å². The number of aliphatic hydroxyl groups excluding tert-OH is 1. The van der Waals surface area contributed by atoms with Crippen molar-refractivity contribution in [3.8, 4) is 0 Å². The summed E-state index contributed by atoms with van der Waals surface area (Å²) in [5.41, 5.74) is 0.767. The number of piperazine rings is 1. The van der Waals surface area contributed by atoms with E-state index in [1.807, 2.05) is 12.1 Å². The number of rotatable bonds is 4. The van der Waals surface area contributed by atoms with E-state index in [0.717, 1.165) is 38.3 Å². The van der Waals surface area contributed by atoms with Crippen LogP contribution in [0.1, 0.15) is 5.56 Å². The summed E-state index contributed by atoms with van der Waals surface area (Å²) in [6.07, 6.45) is 0. The Balaban J connectivity index is 1.84. The van der Waals surface area contributed by atoms with Gasteiger partial charge in [-0.2, -0.15) is 0 Å². The van der Waals surface area contributed by atoms with E-state index < -0.39 is 0 Å². The van der Waals surface area contributed by atoms with Crippen LogP contribution in [0.15, 0.2) is 24.3 Å². The maximum absolute atomic E-state index is 13.5. The van der Waals surface area contributed by atoms with Gasteiger partial charge in [-0.15, -0.1) is 0 Å². The monoisotopic (exact) mass is 238 g/mol. The minimum atomic E-state index is -0.120. The normalized spacial score (nSPS) is 18.5. The molecule has 1 aromatic carbocycles. The zero-order chi connectivity index (χ0) is 12.1. The molecule has 0 saturated carbocycles. The van der Waals surface area contributed by atoms with Gasteiger partial charge in [0.25, 0.3) is 0 Å². The number of halogens is 1. The highest BCUT2D eigenvalue weighted by Gasteiger charge is 2.17. The topological polar surface area (TPSA) is 26.7 Å². The molecule has 0 bridgehead atoms. The van der Waals surface area contributed by atoms with Gasteiger partial charge < -0.3 is 5.11 Å². The Morgan fingerprint density at radius 1 is 1.06 bits per heavy atom. The average molecular weight is 238 g/mol. The van der Waals surface area contributed by atoms with Crippen molar-refractivity contribution in [2.75, 3.05) is 39.3 Å². The van der Waals surface area contributed by atoms with Crippen molar-refractivity contribution in [3.05, 3.63) is 35.6 Å². The quantitative estimate of drug-likeness (QED) is 0.845. The molecule has 94 valence electrons. The maximum atomic E-state index is 13.5. The van der Waals surface area contributed by atoms with Gasteiger partial charge in [0.1, 0.15) is 5.82 Å². The third kappa shape index (κ3) is 3.49. The minimum absolute atomic E-state index is 0.120. The molecule has 3 nitrogen and oxygen atoms in total. The van der Waals surface area contributed by atoms with E-state index in [0.29, 0.717) is 6.54 Å². The molecule has 0 aromatic heterocycles. The van der Waals surface area contributed by atoms with E-state index in [9.17, 15) is 4.39 Å². The fourth-order valence-electron chi connectivity index (χ4n) is 2.18. The number of β-amino-alcohol motifs (C(OH)–C–C–N with tert-alkyl or cyclic N) is 1. The molecule has 0 amide bonds. The average Bonchev–Trinajstić information content (AvgIpc) is 2.35. The molecule has 1 N–H and O–H groups in total. The summed E-state index contributed by atoms with van der Waals surface area (Å²) in [7, 11) is 0. The van der Waals surface area contributed by atoms with Gasteiger partial charge in [-0.05, 0) is 6.07 Å². The van der Waals surface area contributed by atoms with Crippen molar-refractivity contribution < 1.29 is 9.50 Å². The molecule has 0 unspecified atom stereocenters. The number of hydrogen-bond donors (Lipinski definition) is 1. The summed E-state index contributed by atoms with van der Waals surface area (Å²) in [4.78, 5) is 4.49. The second-order valence-corrected chi connectivity index (χ2v) is 4.43. The highest BCUT2D eigenvalue weighted by molar-refractivity contribution is 5.17. The molecule has 4 heteroatoms. The second kappa shape index (κ2) is 6.10. The van der Waals surface area contributed by atoms with Crippen molar-refractivity contribution >= 4 is 0 Å². The molecule has 0 spiro atoms. The van der Waals surface area contributed by atoms with Gasteiger partial charge in [0.2, 0.25) is 0 Å². The zero-order valence-corrected chi connectivity index (χ0v) is 9.98. The molecule has 1 aliphatic rings. The first kappa shape index (κ1) is 12.5. The smallest absolute Gasteiger partial charge is 0.127 e. The Bertz CT molecular complexity index is 351. The molecule has 1 heterocycles. The van der Waals surface area contributed by atoms with Crippen LogP contribution in [0.3, 0.4) is 0 Å². The minimum Gasteiger partial charge on any atom is -0.395 e. The van der Waals surface area contributed by atoms with Gasteiger partial charge in [-0.25, -0.2) is 4.39 Å². The van der Waals surface area contributed by atoms with E-state index in [1.54, 1.807) is 6.07 Å². The van der Waals surface area contributed by atoms with Crippen LogP contribution in [0.25, 0.3) is 0 Å². The number of nitrogens with zero attached hydrogens (tertiary/aromatic N) is 2. The summed E-state index contributed by atoms with van der Waals surface area (Å²) in [5.74, 6) is -0.120. The van der Waals surface area contributed by atoms with Gasteiger partial charge in [0, 0.05) is 44.8 Å². The Hall–Kier alpha value is -0.970. The maximum Gasteiger partial charge on any atom is 0.127 e. The largest absolute Gasteiger partial charge is 0.395 e. The van der Waals surface area contributed by atoms with Gasteiger partial charge in [0.05, 0.1) is 6.61 Å². The molecule has 0 radical (unpaired) electrons. The first-order valence-electron chi connectivity index (χ1n) is 6.08. The van der Waals surface area contributed by atoms with Crippen LogP contribution in [-0.2, 0) is 6.54 Å². The van der Waals surface area contributed by atoms with Crippen molar-refractivity contribution in [1.82, 2.24) is 9.80 Å².